The highest BCUT2D eigenvalue weighted by molar-refractivity contribution is 5.83. The minimum Gasteiger partial charge on any atom is -0.493 e. The number of pyridine rings is 1. The quantitative estimate of drug-likeness (QED) is 0.604. The first kappa shape index (κ1) is 20.4. The topological polar surface area (TPSA) is 60.5 Å². The van der Waals surface area contributed by atoms with Crippen molar-refractivity contribution in [2.24, 2.45) is 0 Å². The van der Waals surface area contributed by atoms with Gasteiger partial charge in [-0.3, -0.25) is 9.78 Å². The van der Waals surface area contributed by atoms with Gasteiger partial charge in [0.15, 0.2) is 11.5 Å². The maximum atomic E-state index is 13.0. The van der Waals surface area contributed by atoms with E-state index in [9.17, 15) is 4.79 Å². The number of carbonyl (C=O) groups is 1. The Morgan fingerprint density at radius 1 is 0.966 bits per heavy atom. The molecular formula is C24H26N2O3. The van der Waals surface area contributed by atoms with Crippen molar-refractivity contribution in [3.05, 3.63) is 89.7 Å². The van der Waals surface area contributed by atoms with Crippen molar-refractivity contribution in [3.63, 3.8) is 0 Å². The van der Waals surface area contributed by atoms with E-state index < -0.39 is 0 Å². The summed E-state index contributed by atoms with van der Waals surface area (Å²) in [4.78, 5) is 17.4. The normalized spacial score (nSPS) is 11.5. The van der Waals surface area contributed by atoms with Crippen LogP contribution in [0.4, 0.5) is 0 Å². The Hall–Kier alpha value is -3.34. The standard InChI is InChI=1S/C24H26N2O3/c1-28-22-12-11-18(16-23(22)29-2)13-15-26-24(27)21(19-8-4-3-5-9-19)17-20-10-6-7-14-25-20/h3-12,14,16,21H,13,15,17H2,1-2H3,(H,26,27). The van der Waals surface area contributed by atoms with E-state index in [1.807, 2.05) is 66.7 Å². The van der Waals surface area contributed by atoms with Gasteiger partial charge in [-0.05, 0) is 41.8 Å². The molecule has 150 valence electrons. The summed E-state index contributed by atoms with van der Waals surface area (Å²) in [6.07, 6.45) is 3.02. The summed E-state index contributed by atoms with van der Waals surface area (Å²) in [7, 11) is 3.23. The Morgan fingerprint density at radius 2 is 1.72 bits per heavy atom. The van der Waals surface area contributed by atoms with Crippen LogP contribution < -0.4 is 14.8 Å². The number of hydrogen-bond donors (Lipinski definition) is 1. The Bertz CT molecular complexity index is 914. The molecule has 0 aliphatic rings. The molecule has 1 amide bonds. The summed E-state index contributed by atoms with van der Waals surface area (Å²) < 4.78 is 10.6. The van der Waals surface area contributed by atoms with Crippen molar-refractivity contribution in [2.45, 2.75) is 18.8 Å². The van der Waals surface area contributed by atoms with Crippen molar-refractivity contribution in [3.8, 4) is 11.5 Å². The number of benzene rings is 2. The smallest absolute Gasteiger partial charge is 0.227 e. The molecule has 0 saturated carbocycles. The van der Waals surface area contributed by atoms with Crippen LogP contribution in [0.25, 0.3) is 0 Å². The van der Waals surface area contributed by atoms with Gasteiger partial charge in [0.25, 0.3) is 0 Å². The largest absolute Gasteiger partial charge is 0.493 e. The predicted molar refractivity (Wildman–Crippen MR) is 113 cm³/mol. The number of aromatic nitrogens is 1. The minimum atomic E-state index is -0.281. The molecule has 1 atom stereocenters. The average Bonchev–Trinajstić information content (AvgIpc) is 2.78. The lowest BCUT2D eigenvalue weighted by atomic mass is 9.93. The number of methoxy groups -OCH3 is 2. The Morgan fingerprint density at radius 3 is 2.41 bits per heavy atom. The molecule has 3 rings (SSSR count). The second kappa shape index (κ2) is 10.3. The number of amides is 1. The van der Waals surface area contributed by atoms with Crippen LogP contribution >= 0.6 is 0 Å². The summed E-state index contributed by atoms with van der Waals surface area (Å²) in [6.45, 7) is 0.542. The lowest BCUT2D eigenvalue weighted by molar-refractivity contribution is -0.122. The van der Waals surface area contributed by atoms with Gasteiger partial charge in [-0.1, -0.05) is 42.5 Å². The number of nitrogens with one attached hydrogen (secondary N) is 1. The van der Waals surface area contributed by atoms with Crippen molar-refractivity contribution in [1.82, 2.24) is 10.3 Å². The summed E-state index contributed by atoms with van der Waals surface area (Å²) >= 11 is 0. The van der Waals surface area contributed by atoms with Crippen molar-refractivity contribution >= 4 is 5.91 Å². The third-order valence-corrected chi connectivity index (χ3v) is 4.82. The van der Waals surface area contributed by atoms with E-state index >= 15 is 0 Å². The van der Waals surface area contributed by atoms with Crippen LogP contribution in [-0.4, -0.2) is 31.7 Å². The highest BCUT2D eigenvalue weighted by atomic mass is 16.5. The molecule has 1 N–H and O–H groups in total. The van der Waals surface area contributed by atoms with Gasteiger partial charge < -0.3 is 14.8 Å². The number of carbonyl (C=O) groups excluding carboxylic acids is 1. The fourth-order valence-electron chi connectivity index (χ4n) is 3.26. The van der Waals surface area contributed by atoms with Gasteiger partial charge in [-0.2, -0.15) is 0 Å². The zero-order valence-corrected chi connectivity index (χ0v) is 16.8. The zero-order valence-electron chi connectivity index (χ0n) is 16.8. The molecule has 1 aromatic heterocycles. The van der Waals surface area contributed by atoms with Crippen LogP contribution in [0.15, 0.2) is 72.9 Å². The SMILES string of the molecule is COc1ccc(CCNC(=O)C(Cc2ccccn2)c2ccccc2)cc1OC. The molecule has 0 radical (unpaired) electrons. The maximum Gasteiger partial charge on any atom is 0.227 e. The predicted octanol–water partition coefficient (Wildman–Crippen LogP) is 3.78. The molecule has 29 heavy (non-hydrogen) atoms. The third-order valence-electron chi connectivity index (χ3n) is 4.82. The van der Waals surface area contributed by atoms with Crippen molar-refractivity contribution < 1.29 is 14.3 Å². The van der Waals surface area contributed by atoms with Gasteiger partial charge >= 0.3 is 0 Å². The second-order valence-electron chi connectivity index (χ2n) is 6.72. The first-order valence-corrected chi connectivity index (χ1v) is 9.64. The number of ether oxygens (including phenoxy) is 2. The third kappa shape index (κ3) is 5.57. The molecule has 0 aliphatic carbocycles. The molecule has 1 unspecified atom stereocenters. The summed E-state index contributed by atoms with van der Waals surface area (Å²) in [5, 5.41) is 3.08. The van der Waals surface area contributed by atoms with Crippen LogP contribution in [-0.2, 0) is 17.6 Å². The molecule has 3 aromatic rings. The van der Waals surface area contributed by atoms with Crippen LogP contribution in [0.3, 0.4) is 0 Å². The van der Waals surface area contributed by atoms with E-state index in [1.165, 1.54) is 0 Å². The lowest BCUT2D eigenvalue weighted by Crippen LogP contribution is -2.32. The second-order valence-corrected chi connectivity index (χ2v) is 6.72. The molecule has 1 heterocycles. The number of hydrogen-bond acceptors (Lipinski definition) is 4. The fourth-order valence-corrected chi connectivity index (χ4v) is 3.26. The first-order chi connectivity index (χ1) is 14.2. The fraction of sp³-hybridized carbons (Fsp3) is 0.250. The van der Waals surface area contributed by atoms with E-state index in [-0.39, 0.29) is 11.8 Å². The maximum absolute atomic E-state index is 13.0. The van der Waals surface area contributed by atoms with E-state index in [0.29, 0.717) is 30.9 Å². The van der Waals surface area contributed by atoms with Crippen LogP contribution in [0.2, 0.25) is 0 Å². The van der Waals surface area contributed by atoms with E-state index in [1.54, 1.807) is 20.4 Å². The van der Waals surface area contributed by atoms with Crippen molar-refractivity contribution in [2.75, 3.05) is 20.8 Å². The van der Waals surface area contributed by atoms with E-state index in [4.69, 9.17) is 9.47 Å². The molecule has 2 aromatic carbocycles. The molecule has 5 nitrogen and oxygen atoms in total. The number of rotatable bonds is 9. The molecule has 0 saturated heterocycles. The summed E-state index contributed by atoms with van der Waals surface area (Å²) in [6, 6.07) is 21.4. The number of nitrogens with zero attached hydrogens (tertiary/aromatic N) is 1. The zero-order chi connectivity index (χ0) is 20.5. The molecule has 0 bridgehead atoms. The average molecular weight is 390 g/mol. The van der Waals surface area contributed by atoms with Crippen LogP contribution in [0.5, 0.6) is 11.5 Å². The first-order valence-electron chi connectivity index (χ1n) is 9.64. The van der Waals surface area contributed by atoms with Crippen LogP contribution in [0.1, 0.15) is 22.7 Å². The highest BCUT2D eigenvalue weighted by Crippen LogP contribution is 2.27. The van der Waals surface area contributed by atoms with Gasteiger partial charge in [0.1, 0.15) is 0 Å². The van der Waals surface area contributed by atoms with Gasteiger partial charge in [0.05, 0.1) is 20.1 Å². The minimum absolute atomic E-state index is 0.00216. The van der Waals surface area contributed by atoms with Gasteiger partial charge in [-0.15, -0.1) is 0 Å². The Kier molecular flexibility index (Phi) is 7.22. The lowest BCUT2D eigenvalue weighted by Gasteiger charge is -2.17. The van der Waals surface area contributed by atoms with Gasteiger partial charge in [-0.25, -0.2) is 0 Å². The van der Waals surface area contributed by atoms with Gasteiger partial charge in [0, 0.05) is 24.9 Å². The van der Waals surface area contributed by atoms with E-state index in [2.05, 4.69) is 10.3 Å². The Labute approximate surface area is 171 Å². The van der Waals surface area contributed by atoms with E-state index in [0.717, 1.165) is 16.8 Å². The highest BCUT2D eigenvalue weighted by Gasteiger charge is 2.21. The van der Waals surface area contributed by atoms with Crippen LogP contribution in [0, 0.1) is 0 Å². The monoisotopic (exact) mass is 390 g/mol. The molecule has 0 fully saturated rings. The molecule has 5 heteroatoms. The molecule has 0 aliphatic heterocycles. The summed E-state index contributed by atoms with van der Waals surface area (Å²) in [5.41, 5.74) is 2.96. The summed E-state index contributed by atoms with van der Waals surface area (Å²) in [5.74, 6) is 1.10. The molecule has 0 spiro atoms. The van der Waals surface area contributed by atoms with Crippen molar-refractivity contribution in [1.29, 1.82) is 0 Å². The van der Waals surface area contributed by atoms with Gasteiger partial charge in [0.2, 0.25) is 5.91 Å². The Balaban J connectivity index is 1.65. The molecular weight excluding hydrogens is 364 g/mol.